The average Bonchev–Trinajstić information content (AvgIpc) is 3.28. The number of hydrogen-bond donors (Lipinski definition) is 2. The van der Waals surface area contributed by atoms with E-state index in [1.165, 1.54) is 17.4 Å². The first-order chi connectivity index (χ1) is 17.6. The number of imide groups is 1. The van der Waals surface area contributed by atoms with Gasteiger partial charge in [-0.3, -0.25) is 24.1 Å². The lowest BCUT2D eigenvalue weighted by Crippen LogP contribution is -2.31. The van der Waals surface area contributed by atoms with E-state index in [1.807, 2.05) is 0 Å². The number of hydrogen-bond acceptors (Lipinski definition) is 6. The number of aromatic nitrogens is 1. The number of aliphatic carboxylic acids is 1. The summed E-state index contributed by atoms with van der Waals surface area (Å²) >= 11 is 0. The van der Waals surface area contributed by atoms with Crippen LogP contribution in [-0.4, -0.2) is 57.2 Å². The van der Waals surface area contributed by atoms with Gasteiger partial charge in [-0.05, 0) is 37.6 Å². The van der Waals surface area contributed by atoms with Gasteiger partial charge in [0, 0.05) is 18.8 Å². The van der Waals surface area contributed by atoms with Crippen LogP contribution in [0.25, 0.3) is 10.9 Å². The van der Waals surface area contributed by atoms with Crippen molar-refractivity contribution in [3.8, 4) is 5.75 Å². The van der Waals surface area contributed by atoms with Crippen LogP contribution in [0.1, 0.15) is 63.5 Å². The number of carboxylic acids is 1. The third kappa shape index (κ3) is 5.37. The van der Waals surface area contributed by atoms with Gasteiger partial charge in [-0.2, -0.15) is 0 Å². The molecule has 0 bridgehead atoms. The minimum Gasteiger partial charge on any atom is -0.481 e. The molecule has 194 valence electrons. The number of carboxylic acid groups (broad SMARTS) is 1. The second-order valence-electron chi connectivity index (χ2n) is 8.51. The lowest BCUT2D eigenvalue weighted by molar-refractivity contribution is -0.139. The molecule has 0 saturated carbocycles. The number of nitrogens with two attached hydrogens (primary N) is 1. The van der Waals surface area contributed by atoms with E-state index in [-0.39, 0.29) is 35.1 Å². The highest BCUT2D eigenvalue weighted by molar-refractivity contribution is 6.45. The van der Waals surface area contributed by atoms with Gasteiger partial charge in [0.2, 0.25) is 0 Å². The summed E-state index contributed by atoms with van der Waals surface area (Å²) in [5.41, 5.74) is 6.98. The fraction of sp³-hybridized carbons (Fsp3) is 0.296. The Balaban J connectivity index is 0.00000121. The van der Waals surface area contributed by atoms with Gasteiger partial charge in [0.15, 0.2) is 6.61 Å². The first kappa shape index (κ1) is 27.1. The van der Waals surface area contributed by atoms with E-state index < -0.39 is 24.3 Å². The van der Waals surface area contributed by atoms with Crippen molar-refractivity contribution in [2.24, 2.45) is 5.73 Å². The summed E-state index contributed by atoms with van der Waals surface area (Å²) in [5, 5.41) is 9.25. The standard InChI is InChI=1S/C24H21N3O7.C3H8/c1-13-19(21(30)22(25)31)20-16(8-4-9-17(20)34-12-18(28)29)26(13)10-5-11-27-23(32)14-6-2-3-7-15(14)24(27)33;1-3-2/h2-4,6-9H,5,10-12H2,1H3,(H2,25,31)(H,28,29);3H2,1-2H3. The van der Waals surface area contributed by atoms with Crippen LogP contribution in [0.3, 0.4) is 0 Å². The second-order valence-corrected chi connectivity index (χ2v) is 8.51. The number of benzene rings is 2. The minimum absolute atomic E-state index is 0.0317. The van der Waals surface area contributed by atoms with E-state index in [9.17, 15) is 24.0 Å². The molecule has 3 N–H and O–H groups in total. The van der Waals surface area contributed by atoms with Crippen LogP contribution in [0.4, 0.5) is 0 Å². The second kappa shape index (κ2) is 11.5. The summed E-state index contributed by atoms with van der Waals surface area (Å²) in [6.45, 7) is 5.72. The van der Waals surface area contributed by atoms with Crippen molar-refractivity contribution in [3.05, 3.63) is 64.8 Å². The summed E-state index contributed by atoms with van der Waals surface area (Å²) < 4.78 is 7.12. The fourth-order valence-electron chi connectivity index (χ4n) is 4.27. The van der Waals surface area contributed by atoms with E-state index in [0.29, 0.717) is 35.3 Å². The molecular weight excluding hydrogens is 478 g/mol. The van der Waals surface area contributed by atoms with Gasteiger partial charge in [-0.15, -0.1) is 0 Å². The predicted octanol–water partition coefficient (Wildman–Crippen LogP) is 3.18. The van der Waals surface area contributed by atoms with Gasteiger partial charge in [0.25, 0.3) is 23.5 Å². The summed E-state index contributed by atoms with van der Waals surface area (Å²) in [6.07, 6.45) is 1.63. The molecule has 10 nitrogen and oxygen atoms in total. The van der Waals surface area contributed by atoms with Crippen LogP contribution in [0.5, 0.6) is 5.75 Å². The van der Waals surface area contributed by atoms with E-state index in [0.717, 1.165) is 0 Å². The molecule has 1 aromatic heterocycles. The monoisotopic (exact) mass is 507 g/mol. The number of Topliss-reactive ketones (excluding diaryl/α,β-unsaturated/α-hetero) is 1. The molecule has 2 aromatic carbocycles. The number of nitrogens with zero attached hydrogens (tertiary/aromatic N) is 2. The molecule has 0 saturated heterocycles. The first-order valence-corrected chi connectivity index (χ1v) is 11.9. The van der Waals surface area contributed by atoms with Crippen molar-refractivity contribution in [2.45, 2.75) is 40.2 Å². The Morgan fingerprint density at radius 3 is 2.08 bits per heavy atom. The van der Waals surface area contributed by atoms with Gasteiger partial charge in [0.1, 0.15) is 5.75 Å². The molecule has 0 atom stereocenters. The molecule has 2 heterocycles. The maximum absolute atomic E-state index is 12.6. The zero-order chi connectivity index (χ0) is 27.3. The number of aryl methyl sites for hydroxylation is 1. The summed E-state index contributed by atoms with van der Waals surface area (Å²) in [7, 11) is 0. The van der Waals surface area contributed by atoms with Gasteiger partial charge >= 0.3 is 5.97 Å². The quantitative estimate of drug-likeness (QED) is 0.257. The molecule has 10 heteroatoms. The molecule has 0 radical (unpaired) electrons. The number of ketones is 1. The summed E-state index contributed by atoms with van der Waals surface area (Å²) in [4.78, 5) is 61.7. The van der Waals surface area contributed by atoms with Gasteiger partial charge < -0.3 is 20.1 Å². The van der Waals surface area contributed by atoms with Crippen LogP contribution >= 0.6 is 0 Å². The zero-order valence-electron chi connectivity index (χ0n) is 20.9. The third-order valence-corrected chi connectivity index (χ3v) is 5.76. The number of carbonyl (C=O) groups is 5. The zero-order valence-corrected chi connectivity index (χ0v) is 20.9. The highest BCUT2D eigenvalue weighted by Gasteiger charge is 2.34. The van der Waals surface area contributed by atoms with Crippen molar-refractivity contribution in [3.63, 3.8) is 0 Å². The van der Waals surface area contributed by atoms with Gasteiger partial charge in [-0.25, -0.2) is 4.79 Å². The summed E-state index contributed by atoms with van der Waals surface area (Å²) in [5.74, 6) is -3.86. The van der Waals surface area contributed by atoms with Crippen LogP contribution in [0.2, 0.25) is 0 Å². The normalized spacial score (nSPS) is 12.2. The molecule has 0 unspecified atom stereocenters. The molecule has 4 rings (SSSR count). The molecule has 1 aliphatic rings. The topological polar surface area (TPSA) is 149 Å². The first-order valence-electron chi connectivity index (χ1n) is 11.9. The Kier molecular flexibility index (Phi) is 8.44. The van der Waals surface area contributed by atoms with Crippen LogP contribution < -0.4 is 10.5 Å². The predicted molar refractivity (Wildman–Crippen MR) is 136 cm³/mol. The lowest BCUT2D eigenvalue weighted by Gasteiger charge is -2.15. The van der Waals surface area contributed by atoms with E-state index in [4.69, 9.17) is 15.6 Å². The maximum Gasteiger partial charge on any atom is 0.341 e. The Morgan fingerprint density at radius 1 is 0.946 bits per heavy atom. The number of rotatable bonds is 9. The highest BCUT2D eigenvalue weighted by atomic mass is 16.5. The molecule has 3 amide bonds. The number of ether oxygens (including phenoxy) is 1. The smallest absolute Gasteiger partial charge is 0.341 e. The molecule has 37 heavy (non-hydrogen) atoms. The number of primary amides is 1. The van der Waals surface area contributed by atoms with Crippen LogP contribution in [0, 0.1) is 6.92 Å². The van der Waals surface area contributed by atoms with E-state index in [2.05, 4.69) is 13.8 Å². The molecule has 0 fully saturated rings. The van der Waals surface area contributed by atoms with Gasteiger partial charge in [-0.1, -0.05) is 38.5 Å². The lowest BCUT2D eigenvalue weighted by atomic mass is 10.1. The summed E-state index contributed by atoms with van der Waals surface area (Å²) in [6, 6.07) is 11.5. The highest BCUT2D eigenvalue weighted by Crippen LogP contribution is 2.34. The molecule has 1 aliphatic heterocycles. The Labute approximate surface area is 213 Å². The van der Waals surface area contributed by atoms with E-state index >= 15 is 0 Å². The van der Waals surface area contributed by atoms with Crippen LogP contribution in [-0.2, 0) is 16.1 Å². The Hall–Kier alpha value is -4.47. The SMILES string of the molecule is CCC.Cc1c(C(=O)C(N)=O)c2c(OCC(=O)O)cccc2n1CCCN1C(=O)c2ccccc2C1=O. The number of amides is 3. The fourth-order valence-corrected chi connectivity index (χ4v) is 4.27. The van der Waals surface area contributed by atoms with Gasteiger partial charge in [0.05, 0.1) is 27.6 Å². The number of fused-ring (bicyclic) bond motifs is 2. The molecule has 3 aromatic rings. The van der Waals surface area contributed by atoms with Crippen molar-refractivity contribution < 1.29 is 33.8 Å². The number of carbonyl (C=O) groups excluding carboxylic acids is 4. The molecule has 0 spiro atoms. The largest absolute Gasteiger partial charge is 0.481 e. The third-order valence-electron chi connectivity index (χ3n) is 5.76. The molecular formula is C27H29N3O7. The van der Waals surface area contributed by atoms with Crippen molar-refractivity contribution in [1.82, 2.24) is 9.47 Å². The minimum atomic E-state index is -1.20. The molecule has 0 aliphatic carbocycles. The Morgan fingerprint density at radius 2 is 1.54 bits per heavy atom. The van der Waals surface area contributed by atoms with Crippen molar-refractivity contribution in [1.29, 1.82) is 0 Å². The van der Waals surface area contributed by atoms with Crippen LogP contribution in [0.15, 0.2) is 42.5 Å². The average molecular weight is 508 g/mol. The maximum atomic E-state index is 12.6. The van der Waals surface area contributed by atoms with Crippen molar-refractivity contribution in [2.75, 3.05) is 13.2 Å². The Bertz CT molecular complexity index is 1360. The van der Waals surface area contributed by atoms with Crippen molar-refractivity contribution >= 4 is 40.4 Å². The van der Waals surface area contributed by atoms with E-state index in [1.54, 1.807) is 47.9 Å².